The van der Waals surface area contributed by atoms with Crippen molar-refractivity contribution in [3.8, 4) is 11.1 Å². The fourth-order valence-electron chi connectivity index (χ4n) is 1.18. The van der Waals surface area contributed by atoms with Gasteiger partial charge in [-0.2, -0.15) is 5.10 Å². The highest BCUT2D eigenvalue weighted by Gasteiger charge is 1.96. The number of rotatable bonds is 1. The first-order valence-electron chi connectivity index (χ1n) is 4.06. The third kappa shape index (κ3) is 2.08. The number of hydrogen-bond acceptors (Lipinski definition) is 2. The van der Waals surface area contributed by atoms with E-state index in [0.717, 1.165) is 15.6 Å². The van der Waals surface area contributed by atoms with Gasteiger partial charge in [0.05, 0.1) is 6.20 Å². The number of aromatic amines is 1. The van der Waals surface area contributed by atoms with Crippen molar-refractivity contribution in [3.05, 3.63) is 45.6 Å². The SMILES string of the molecule is S=c1cc(-c2ccc(Br)cc2)cn[nH]1. The highest BCUT2D eigenvalue weighted by Crippen LogP contribution is 2.20. The molecule has 0 saturated carbocycles. The van der Waals surface area contributed by atoms with Gasteiger partial charge in [0.25, 0.3) is 0 Å². The standard InChI is InChI=1S/C10H7BrN2S/c11-9-3-1-7(2-4-9)8-5-10(14)13-12-6-8/h1-6H,(H,13,14). The molecule has 2 aromatic rings. The number of halogens is 1. The maximum absolute atomic E-state index is 5.00. The Balaban J connectivity index is 2.50. The minimum atomic E-state index is 0.644. The van der Waals surface area contributed by atoms with Crippen LogP contribution in [0.2, 0.25) is 0 Å². The number of nitrogens with zero attached hydrogens (tertiary/aromatic N) is 1. The first-order valence-corrected chi connectivity index (χ1v) is 5.26. The van der Waals surface area contributed by atoms with Gasteiger partial charge in [0.2, 0.25) is 0 Å². The van der Waals surface area contributed by atoms with Gasteiger partial charge in [-0.15, -0.1) is 0 Å². The van der Waals surface area contributed by atoms with E-state index in [0.29, 0.717) is 4.64 Å². The van der Waals surface area contributed by atoms with E-state index >= 15 is 0 Å². The topological polar surface area (TPSA) is 28.7 Å². The fourth-order valence-corrected chi connectivity index (χ4v) is 1.62. The van der Waals surface area contributed by atoms with Gasteiger partial charge in [-0.25, -0.2) is 0 Å². The van der Waals surface area contributed by atoms with Crippen LogP contribution in [0.4, 0.5) is 0 Å². The quantitative estimate of drug-likeness (QED) is 0.800. The molecule has 0 aliphatic rings. The van der Waals surface area contributed by atoms with Crippen LogP contribution in [-0.4, -0.2) is 10.2 Å². The Kier molecular flexibility index (Phi) is 2.74. The molecule has 0 aliphatic heterocycles. The molecule has 2 rings (SSSR count). The molecular weight excluding hydrogens is 260 g/mol. The van der Waals surface area contributed by atoms with Crippen molar-refractivity contribution in [2.45, 2.75) is 0 Å². The van der Waals surface area contributed by atoms with Gasteiger partial charge >= 0.3 is 0 Å². The fraction of sp³-hybridized carbons (Fsp3) is 0. The number of H-pyrrole nitrogens is 1. The summed E-state index contributed by atoms with van der Waals surface area (Å²) < 4.78 is 1.71. The van der Waals surface area contributed by atoms with Crippen molar-refractivity contribution >= 4 is 28.1 Å². The summed E-state index contributed by atoms with van der Waals surface area (Å²) in [5, 5.41) is 6.65. The molecule has 70 valence electrons. The van der Waals surface area contributed by atoms with Crippen molar-refractivity contribution in [2.75, 3.05) is 0 Å². The summed E-state index contributed by atoms with van der Waals surface area (Å²) in [6.45, 7) is 0. The van der Waals surface area contributed by atoms with Gasteiger partial charge in [0.1, 0.15) is 4.64 Å². The molecule has 0 atom stereocenters. The van der Waals surface area contributed by atoms with E-state index in [1.165, 1.54) is 0 Å². The molecule has 1 N–H and O–H groups in total. The van der Waals surface area contributed by atoms with Gasteiger partial charge in [0, 0.05) is 10.0 Å². The lowest BCUT2D eigenvalue weighted by atomic mass is 10.1. The molecule has 0 saturated heterocycles. The Morgan fingerprint density at radius 2 is 1.86 bits per heavy atom. The molecule has 4 heteroatoms. The van der Waals surface area contributed by atoms with Crippen LogP contribution in [-0.2, 0) is 0 Å². The summed E-state index contributed by atoms with van der Waals surface area (Å²) >= 11 is 8.39. The summed E-state index contributed by atoms with van der Waals surface area (Å²) in [7, 11) is 0. The summed E-state index contributed by atoms with van der Waals surface area (Å²) in [4.78, 5) is 0. The third-order valence-electron chi connectivity index (χ3n) is 1.84. The molecule has 0 amide bonds. The van der Waals surface area contributed by atoms with Crippen molar-refractivity contribution in [3.63, 3.8) is 0 Å². The average Bonchev–Trinajstić information content (AvgIpc) is 2.19. The minimum Gasteiger partial charge on any atom is -0.268 e. The molecule has 0 bridgehead atoms. The number of benzene rings is 1. The molecule has 0 unspecified atom stereocenters. The Hall–Kier alpha value is -1.00. The molecule has 14 heavy (non-hydrogen) atoms. The summed E-state index contributed by atoms with van der Waals surface area (Å²) in [6.07, 6.45) is 1.76. The van der Waals surface area contributed by atoms with Gasteiger partial charge in [0.15, 0.2) is 0 Å². The maximum atomic E-state index is 5.00. The zero-order chi connectivity index (χ0) is 9.97. The zero-order valence-corrected chi connectivity index (χ0v) is 9.60. The predicted molar refractivity (Wildman–Crippen MR) is 62.6 cm³/mol. The predicted octanol–water partition coefficient (Wildman–Crippen LogP) is 3.57. The molecule has 1 aromatic carbocycles. The van der Waals surface area contributed by atoms with E-state index in [9.17, 15) is 0 Å². The van der Waals surface area contributed by atoms with E-state index in [-0.39, 0.29) is 0 Å². The van der Waals surface area contributed by atoms with Crippen LogP contribution < -0.4 is 0 Å². The van der Waals surface area contributed by atoms with Crippen molar-refractivity contribution in [2.24, 2.45) is 0 Å². The first kappa shape index (κ1) is 9.55. The average molecular weight is 267 g/mol. The Morgan fingerprint density at radius 1 is 1.14 bits per heavy atom. The Morgan fingerprint density at radius 3 is 2.50 bits per heavy atom. The van der Waals surface area contributed by atoms with Crippen LogP contribution in [0, 0.1) is 4.64 Å². The van der Waals surface area contributed by atoms with E-state index < -0.39 is 0 Å². The smallest absolute Gasteiger partial charge is 0.120 e. The Bertz CT molecular complexity index is 490. The molecule has 1 aromatic heterocycles. The van der Waals surface area contributed by atoms with Crippen LogP contribution in [0.25, 0.3) is 11.1 Å². The van der Waals surface area contributed by atoms with Crippen LogP contribution in [0.3, 0.4) is 0 Å². The van der Waals surface area contributed by atoms with Gasteiger partial charge in [-0.3, -0.25) is 5.10 Å². The molecule has 0 aliphatic carbocycles. The van der Waals surface area contributed by atoms with E-state index in [4.69, 9.17) is 12.2 Å². The van der Waals surface area contributed by atoms with E-state index in [2.05, 4.69) is 26.1 Å². The first-order chi connectivity index (χ1) is 6.75. The van der Waals surface area contributed by atoms with Crippen LogP contribution >= 0.6 is 28.1 Å². The normalized spacial score (nSPS) is 10.1. The number of nitrogens with one attached hydrogen (secondary N) is 1. The monoisotopic (exact) mass is 266 g/mol. The van der Waals surface area contributed by atoms with Crippen molar-refractivity contribution in [1.82, 2.24) is 10.2 Å². The van der Waals surface area contributed by atoms with Gasteiger partial charge in [-0.05, 0) is 23.8 Å². The highest BCUT2D eigenvalue weighted by atomic mass is 79.9. The lowest BCUT2D eigenvalue weighted by Crippen LogP contribution is -1.83. The second-order valence-electron chi connectivity index (χ2n) is 2.84. The second kappa shape index (κ2) is 4.02. The Labute approximate surface area is 95.1 Å². The summed E-state index contributed by atoms with van der Waals surface area (Å²) in [5.74, 6) is 0. The summed E-state index contributed by atoms with van der Waals surface area (Å²) in [6, 6.07) is 9.93. The van der Waals surface area contributed by atoms with Crippen molar-refractivity contribution in [1.29, 1.82) is 0 Å². The third-order valence-corrected chi connectivity index (χ3v) is 2.58. The zero-order valence-electron chi connectivity index (χ0n) is 7.20. The molecular formula is C10H7BrN2S. The second-order valence-corrected chi connectivity index (χ2v) is 4.20. The molecule has 1 heterocycles. The number of hydrogen-bond donors (Lipinski definition) is 1. The maximum Gasteiger partial charge on any atom is 0.120 e. The van der Waals surface area contributed by atoms with E-state index in [1.807, 2.05) is 30.3 Å². The van der Waals surface area contributed by atoms with Crippen molar-refractivity contribution < 1.29 is 0 Å². The minimum absolute atomic E-state index is 0.644. The molecule has 0 fully saturated rings. The lowest BCUT2D eigenvalue weighted by molar-refractivity contribution is 1.02. The lowest BCUT2D eigenvalue weighted by Gasteiger charge is -1.99. The number of aromatic nitrogens is 2. The van der Waals surface area contributed by atoms with Gasteiger partial charge < -0.3 is 0 Å². The van der Waals surface area contributed by atoms with Gasteiger partial charge in [-0.1, -0.05) is 40.3 Å². The van der Waals surface area contributed by atoms with Crippen LogP contribution in [0.15, 0.2) is 41.0 Å². The molecule has 0 spiro atoms. The van der Waals surface area contributed by atoms with E-state index in [1.54, 1.807) is 6.20 Å². The largest absolute Gasteiger partial charge is 0.268 e. The van der Waals surface area contributed by atoms with Crippen LogP contribution in [0.1, 0.15) is 0 Å². The highest BCUT2D eigenvalue weighted by molar-refractivity contribution is 9.10. The summed E-state index contributed by atoms with van der Waals surface area (Å²) in [5.41, 5.74) is 2.14. The molecule has 2 nitrogen and oxygen atoms in total. The van der Waals surface area contributed by atoms with Crippen LogP contribution in [0.5, 0.6) is 0 Å². The molecule has 0 radical (unpaired) electrons.